The summed E-state index contributed by atoms with van der Waals surface area (Å²) < 4.78 is 10.9. The summed E-state index contributed by atoms with van der Waals surface area (Å²) in [4.78, 5) is 17.7. The molecule has 2 heterocycles. The molecule has 3 aromatic rings. The molecule has 2 aromatic carbocycles. The number of aromatic nitrogens is 1. The van der Waals surface area contributed by atoms with Crippen LogP contribution in [0.5, 0.6) is 5.75 Å². The molecule has 1 fully saturated rings. The number of methoxy groups -OCH3 is 1. The Balaban J connectivity index is 1.60. The van der Waals surface area contributed by atoms with Gasteiger partial charge in [0.15, 0.2) is 0 Å². The van der Waals surface area contributed by atoms with Crippen LogP contribution in [0.1, 0.15) is 34.5 Å². The molecule has 1 saturated heterocycles. The number of amides is 1. The standard InChI is InChI=1S/C24H26N2O3/c1-17-15-21(20-5-3-4-6-22(20)26-17)23(27)25-16-24(11-13-29-14-12-24)18-7-9-19(28-2)10-8-18/h3-10,15H,11-14,16H2,1-2H3,(H,25,27). The average Bonchev–Trinajstić information content (AvgIpc) is 2.77. The topological polar surface area (TPSA) is 60.5 Å². The number of para-hydroxylation sites is 1. The quantitative estimate of drug-likeness (QED) is 0.715. The van der Waals surface area contributed by atoms with Gasteiger partial charge in [-0.1, -0.05) is 30.3 Å². The average molecular weight is 390 g/mol. The fourth-order valence-electron chi connectivity index (χ4n) is 4.11. The van der Waals surface area contributed by atoms with E-state index in [4.69, 9.17) is 9.47 Å². The number of rotatable bonds is 5. The number of aryl methyl sites for hydroxylation is 1. The summed E-state index contributed by atoms with van der Waals surface area (Å²) in [6.07, 6.45) is 1.74. The van der Waals surface area contributed by atoms with Crippen molar-refractivity contribution in [2.75, 3.05) is 26.9 Å². The monoisotopic (exact) mass is 390 g/mol. The van der Waals surface area contributed by atoms with Crippen LogP contribution in [-0.4, -0.2) is 37.8 Å². The van der Waals surface area contributed by atoms with E-state index >= 15 is 0 Å². The van der Waals surface area contributed by atoms with Gasteiger partial charge in [-0.2, -0.15) is 0 Å². The maximum atomic E-state index is 13.1. The lowest BCUT2D eigenvalue weighted by molar-refractivity contribution is 0.0487. The van der Waals surface area contributed by atoms with Crippen molar-refractivity contribution >= 4 is 16.8 Å². The molecule has 1 aliphatic heterocycles. The molecule has 1 aliphatic rings. The largest absolute Gasteiger partial charge is 0.497 e. The number of pyridine rings is 1. The molecule has 1 amide bonds. The SMILES string of the molecule is COc1ccc(C2(CNC(=O)c3cc(C)nc4ccccc34)CCOCC2)cc1. The Hall–Kier alpha value is -2.92. The minimum absolute atomic E-state index is 0.0638. The molecule has 4 rings (SSSR count). The Morgan fingerprint density at radius 1 is 1.14 bits per heavy atom. The van der Waals surface area contributed by atoms with E-state index in [1.807, 2.05) is 49.4 Å². The first-order valence-electron chi connectivity index (χ1n) is 9.98. The fourth-order valence-corrected chi connectivity index (χ4v) is 4.11. The van der Waals surface area contributed by atoms with E-state index in [1.165, 1.54) is 5.56 Å². The van der Waals surface area contributed by atoms with Gasteiger partial charge in [-0.15, -0.1) is 0 Å². The van der Waals surface area contributed by atoms with Crippen molar-refractivity contribution in [1.29, 1.82) is 0 Å². The minimum Gasteiger partial charge on any atom is -0.497 e. The predicted molar refractivity (Wildman–Crippen MR) is 114 cm³/mol. The van der Waals surface area contributed by atoms with Crippen LogP contribution in [0.2, 0.25) is 0 Å². The third-order valence-electron chi connectivity index (χ3n) is 5.83. The molecule has 0 aliphatic carbocycles. The number of fused-ring (bicyclic) bond motifs is 1. The lowest BCUT2D eigenvalue weighted by Gasteiger charge is -2.38. The highest BCUT2D eigenvalue weighted by Gasteiger charge is 2.35. The van der Waals surface area contributed by atoms with E-state index in [9.17, 15) is 4.79 Å². The van der Waals surface area contributed by atoms with Gasteiger partial charge in [-0.05, 0) is 49.6 Å². The molecule has 150 valence electrons. The molecule has 29 heavy (non-hydrogen) atoms. The van der Waals surface area contributed by atoms with E-state index < -0.39 is 0 Å². The molecule has 1 aromatic heterocycles. The summed E-state index contributed by atoms with van der Waals surface area (Å²) >= 11 is 0. The van der Waals surface area contributed by atoms with E-state index in [2.05, 4.69) is 22.4 Å². The second-order valence-electron chi connectivity index (χ2n) is 7.63. The summed E-state index contributed by atoms with van der Waals surface area (Å²) in [6.45, 7) is 3.87. The Morgan fingerprint density at radius 2 is 1.86 bits per heavy atom. The maximum Gasteiger partial charge on any atom is 0.252 e. The van der Waals surface area contributed by atoms with Crippen LogP contribution in [-0.2, 0) is 10.2 Å². The van der Waals surface area contributed by atoms with Crippen LogP contribution in [0.4, 0.5) is 0 Å². The summed E-state index contributed by atoms with van der Waals surface area (Å²) in [6, 6.07) is 17.8. The Bertz CT molecular complexity index is 1010. The van der Waals surface area contributed by atoms with Crippen LogP contribution in [0.15, 0.2) is 54.6 Å². The first-order valence-corrected chi connectivity index (χ1v) is 9.98. The molecular weight excluding hydrogens is 364 g/mol. The number of benzene rings is 2. The van der Waals surface area contributed by atoms with Gasteiger partial charge in [0.1, 0.15) is 5.75 Å². The fraction of sp³-hybridized carbons (Fsp3) is 0.333. The predicted octanol–water partition coefficient (Wildman–Crippen LogP) is 4.03. The highest BCUT2D eigenvalue weighted by atomic mass is 16.5. The molecule has 5 heteroatoms. The number of nitrogens with zero attached hydrogens (tertiary/aromatic N) is 1. The molecule has 1 N–H and O–H groups in total. The van der Waals surface area contributed by atoms with Crippen molar-refractivity contribution in [3.8, 4) is 5.75 Å². The summed E-state index contributed by atoms with van der Waals surface area (Å²) in [5, 5.41) is 4.08. The van der Waals surface area contributed by atoms with Crippen molar-refractivity contribution in [3.63, 3.8) is 0 Å². The smallest absolute Gasteiger partial charge is 0.252 e. The van der Waals surface area contributed by atoms with Crippen molar-refractivity contribution in [3.05, 3.63) is 71.4 Å². The number of hydrogen-bond donors (Lipinski definition) is 1. The third kappa shape index (κ3) is 3.96. The van der Waals surface area contributed by atoms with E-state index in [0.717, 1.165) is 35.2 Å². The van der Waals surface area contributed by atoms with Gasteiger partial charge < -0.3 is 14.8 Å². The molecule has 0 saturated carbocycles. The van der Waals surface area contributed by atoms with Gasteiger partial charge in [0.25, 0.3) is 5.91 Å². The van der Waals surface area contributed by atoms with Gasteiger partial charge >= 0.3 is 0 Å². The van der Waals surface area contributed by atoms with Gasteiger partial charge in [0.2, 0.25) is 0 Å². The summed E-state index contributed by atoms with van der Waals surface area (Å²) in [7, 11) is 1.67. The van der Waals surface area contributed by atoms with Crippen LogP contribution in [0, 0.1) is 6.92 Å². The Labute approximate surface area is 171 Å². The number of hydrogen-bond acceptors (Lipinski definition) is 4. The molecule has 0 atom stereocenters. The second kappa shape index (κ2) is 8.21. The lowest BCUT2D eigenvalue weighted by atomic mass is 9.74. The number of carbonyl (C=O) groups excluding carboxylic acids is 1. The summed E-state index contributed by atoms with van der Waals surface area (Å²) in [5.41, 5.74) is 3.42. The van der Waals surface area contributed by atoms with E-state index in [-0.39, 0.29) is 11.3 Å². The lowest BCUT2D eigenvalue weighted by Crippen LogP contribution is -2.44. The van der Waals surface area contributed by atoms with Crippen molar-refractivity contribution < 1.29 is 14.3 Å². The molecule has 0 bridgehead atoms. The van der Waals surface area contributed by atoms with Crippen LogP contribution in [0.25, 0.3) is 10.9 Å². The van der Waals surface area contributed by atoms with Gasteiger partial charge in [-0.25, -0.2) is 0 Å². The molecule has 0 unspecified atom stereocenters. The van der Waals surface area contributed by atoms with Crippen molar-refractivity contribution in [1.82, 2.24) is 10.3 Å². The van der Waals surface area contributed by atoms with Gasteiger partial charge in [0.05, 0.1) is 18.2 Å². The minimum atomic E-state index is -0.141. The zero-order valence-corrected chi connectivity index (χ0v) is 16.9. The highest BCUT2D eigenvalue weighted by molar-refractivity contribution is 6.06. The van der Waals surface area contributed by atoms with E-state index in [1.54, 1.807) is 7.11 Å². The van der Waals surface area contributed by atoms with Crippen LogP contribution < -0.4 is 10.1 Å². The zero-order valence-electron chi connectivity index (χ0n) is 16.9. The van der Waals surface area contributed by atoms with Crippen molar-refractivity contribution in [2.24, 2.45) is 0 Å². The Morgan fingerprint density at radius 3 is 2.59 bits per heavy atom. The number of ether oxygens (including phenoxy) is 2. The van der Waals surface area contributed by atoms with Crippen molar-refractivity contribution in [2.45, 2.75) is 25.2 Å². The van der Waals surface area contributed by atoms with Crippen LogP contribution >= 0.6 is 0 Å². The highest BCUT2D eigenvalue weighted by Crippen LogP contribution is 2.35. The first kappa shape index (κ1) is 19.4. The first-order chi connectivity index (χ1) is 14.1. The molecule has 5 nitrogen and oxygen atoms in total. The molecule has 0 spiro atoms. The third-order valence-corrected chi connectivity index (χ3v) is 5.83. The van der Waals surface area contributed by atoms with Gasteiger partial charge in [-0.3, -0.25) is 9.78 Å². The number of nitrogens with one attached hydrogen (secondary N) is 1. The normalized spacial score (nSPS) is 15.8. The molecular formula is C24H26N2O3. The van der Waals surface area contributed by atoms with Gasteiger partial charge in [0, 0.05) is 36.3 Å². The number of carbonyl (C=O) groups is 1. The summed E-state index contributed by atoms with van der Waals surface area (Å²) in [5.74, 6) is 0.768. The van der Waals surface area contributed by atoms with E-state index in [0.29, 0.717) is 25.3 Å². The maximum absolute atomic E-state index is 13.1. The zero-order chi connectivity index (χ0) is 20.3. The second-order valence-corrected chi connectivity index (χ2v) is 7.63. The Kier molecular flexibility index (Phi) is 5.49. The molecule has 0 radical (unpaired) electrons. The van der Waals surface area contributed by atoms with Crippen LogP contribution in [0.3, 0.4) is 0 Å².